The van der Waals surface area contributed by atoms with Crippen molar-refractivity contribution in [1.82, 2.24) is 9.97 Å². The number of nitrogens with zero attached hydrogens (tertiary/aromatic N) is 2. The van der Waals surface area contributed by atoms with Crippen molar-refractivity contribution in [2.45, 2.75) is 40.5 Å². The Balaban J connectivity index is 2.48. The van der Waals surface area contributed by atoms with Crippen molar-refractivity contribution in [2.24, 2.45) is 0 Å². The fourth-order valence-corrected chi connectivity index (χ4v) is 2.32. The summed E-state index contributed by atoms with van der Waals surface area (Å²) >= 11 is 0. The fourth-order valence-electron chi connectivity index (χ4n) is 2.32. The molecule has 0 aliphatic carbocycles. The monoisotopic (exact) mass is 287 g/mol. The molecule has 1 heterocycles. The third kappa shape index (κ3) is 3.38. The van der Waals surface area contributed by atoms with Gasteiger partial charge in [-0.1, -0.05) is 13.8 Å². The summed E-state index contributed by atoms with van der Waals surface area (Å²) in [5, 5.41) is 3.37. The maximum absolute atomic E-state index is 13.4. The second-order valence-electron chi connectivity index (χ2n) is 5.20. The molecule has 0 radical (unpaired) electrons. The maximum atomic E-state index is 13.4. The number of hydrogen-bond acceptors (Lipinski definition) is 3. The van der Waals surface area contributed by atoms with Gasteiger partial charge in [-0.3, -0.25) is 0 Å². The molecule has 4 heteroatoms. The third-order valence-corrected chi connectivity index (χ3v) is 3.53. The van der Waals surface area contributed by atoms with Crippen LogP contribution in [-0.2, 0) is 6.42 Å². The van der Waals surface area contributed by atoms with Gasteiger partial charge >= 0.3 is 0 Å². The van der Waals surface area contributed by atoms with Gasteiger partial charge in [-0.2, -0.15) is 0 Å². The summed E-state index contributed by atoms with van der Waals surface area (Å²) in [6, 6.07) is 4.99. The summed E-state index contributed by atoms with van der Waals surface area (Å²) < 4.78 is 13.4. The number of nitrogens with one attached hydrogen (secondary N) is 1. The summed E-state index contributed by atoms with van der Waals surface area (Å²) in [7, 11) is 0. The van der Waals surface area contributed by atoms with Gasteiger partial charge in [0.15, 0.2) is 5.82 Å². The van der Waals surface area contributed by atoms with Gasteiger partial charge in [-0.15, -0.1) is 0 Å². The molecule has 0 unspecified atom stereocenters. The summed E-state index contributed by atoms with van der Waals surface area (Å²) in [6.07, 6.45) is 1.93. The van der Waals surface area contributed by atoms with E-state index in [1.54, 1.807) is 19.1 Å². The summed E-state index contributed by atoms with van der Waals surface area (Å²) in [5.74, 6) is 1.33. The molecular weight excluding hydrogens is 265 g/mol. The lowest BCUT2D eigenvalue weighted by atomic mass is 10.1. The SMILES string of the molecule is CCCNc1nc(-c2ccc(F)c(C)c2)nc(C)c1CC. The lowest BCUT2D eigenvalue weighted by Gasteiger charge is -2.13. The highest BCUT2D eigenvalue weighted by atomic mass is 19.1. The lowest BCUT2D eigenvalue weighted by Crippen LogP contribution is -2.09. The van der Waals surface area contributed by atoms with Crippen LogP contribution in [0.1, 0.15) is 37.1 Å². The van der Waals surface area contributed by atoms with E-state index in [4.69, 9.17) is 0 Å². The Morgan fingerprint density at radius 3 is 2.52 bits per heavy atom. The maximum Gasteiger partial charge on any atom is 0.161 e. The molecule has 1 aromatic heterocycles. The molecule has 0 saturated carbocycles. The van der Waals surface area contributed by atoms with Gasteiger partial charge < -0.3 is 5.32 Å². The highest BCUT2D eigenvalue weighted by Crippen LogP contribution is 2.24. The van der Waals surface area contributed by atoms with E-state index in [1.807, 2.05) is 6.92 Å². The molecule has 0 aliphatic rings. The smallest absolute Gasteiger partial charge is 0.161 e. The van der Waals surface area contributed by atoms with Crippen LogP contribution in [0.4, 0.5) is 10.2 Å². The first-order valence-corrected chi connectivity index (χ1v) is 7.44. The Labute approximate surface area is 125 Å². The average Bonchev–Trinajstić information content (AvgIpc) is 2.47. The molecule has 1 aromatic carbocycles. The minimum Gasteiger partial charge on any atom is -0.370 e. The minimum atomic E-state index is -0.204. The topological polar surface area (TPSA) is 37.8 Å². The molecule has 2 aromatic rings. The van der Waals surface area contributed by atoms with Gasteiger partial charge in [0.05, 0.1) is 0 Å². The Morgan fingerprint density at radius 2 is 1.90 bits per heavy atom. The van der Waals surface area contributed by atoms with E-state index >= 15 is 0 Å². The molecule has 0 atom stereocenters. The molecule has 2 rings (SSSR count). The van der Waals surface area contributed by atoms with E-state index in [0.29, 0.717) is 11.4 Å². The van der Waals surface area contributed by atoms with Crippen LogP contribution in [0.15, 0.2) is 18.2 Å². The molecular formula is C17H22FN3. The van der Waals surface area contributed by atoms with Crippen molar-refractivity contribution in [3.05, 3.63) is 40.8 Å². The number of benzene rings is 1. The van der Waals surface area contributed by atoms with Crippen molar-refractivity contribution in [1.29, 1.82) is 0 Å². The van der Waals surface area contributed by atoms with Gasteiger partial charge in [-0.05, 0) is 50.5 Å². The molecule has 112 valence electrons. The Kier molecular flexibility index (Phi) is 4.89. The number of rotatable bonds is 5. The fraction of sp³-hybridized carbons (Fsp3) is 0.412. The Morgan fingerprint density at radius 1 is 1.14 bits per heavy atom. The van der Waals surface area contributed by atoms with Crippen LogP contribution in [0.5, 0.6) is 0 Å². The van der Waals surface area contributed by atoms with E-state index in [1.165, 1.54) is 6.07 Å². The molecule has 3 nitrogen and oxygen atoms in total. The molecule has 0 saturated heterocycles. The zero-order chi connectivity index (χ0) is 15.4. The van der Waals surface area contributed by atoms with E-state index < -0.39 is 0 Å². The molecule has 1 N–H and O–H groups in total. The van der Waals surface area contributed by atoms with Gasteiger partial charge in [0.1, 0.15) is 11.6 Å². The van der Waals surface area contributed by atoms with E-state index in [2.05, 4.69) is 29.1 Å². The first-order valence-electron chi connectivity index (χ1n) is 7.44. The first-order chi connectivity index (χ1) is 10.1. The zero-order valence-electron chi connectivity index (χ0n) is 13.1. The van der Waals surface area contributed by atoms with Crippen LogP contribution in [0.25, 0.3) is 11.4 Å². The number of hydrogen-bond donors (Lipinski definition) is 1. The zero-order valence-corrected chi connectivity index (χ0v) is 13.1. The second-order valence-corrected chi connectivity index (χ2v) is 5.20. The Hall–Kier alpha value is -1.97. The van der Waals surface area contributed by atoms with Crippen LogP contribution in [0.2, 0.25) is 0 Å². The van der Waals surface area contributed by atoms with Crippen LogP contribution in [0.3, 0.4) is 0 Å². The molecule has 21 heavy (non-hydrogen) atoms. The van der Waals surface area contributed by atoms with Crippen LogP contribution >= 0.6 is 0 Å². The van der Waals surface area contributed by atoms with E-state index in [9.17, 15) is 4.39 Å². The largest absolute Gasteiger partial charge is 0.370 e. The Bertz CT molecular complexity index is 638. The van der Waals surface area contributed by atoms with Crippen LogP contribution in [0, 0.1) is 19.7 Å². The molecule has 0 fully saturated rings. The van der Waals surface area contributed by atoms with Crippen molar-refractivity contribution in [3.63, 3.8) is 0 Å². The van der Waals surface area contributed by atoms with Crippen molar-refractivity contribution < 1.29 is 4.39 Å². The standard InChI is InChI=1S/C17H22FN3/c1-5-9-19-17-14(6-2)12(4)20-16(21-17)13-7-8-15(18)11(3)10-13/h7-8,10H,5-6,9H2,1-4H3,(H,19,20,21). The van der Waals surface area contributed by atoms with Crippen molar-refractivity contribution in [2.75, 3.05) is 11.9 Å². The quantitative estimate of drug-likeness (QED) is 0.891. The van der Waals surface area contributed by atoms with Crippen molar-refractivity contribution >= 4 is 5.82 Å². The first kappa shape index (κ1) is 15.4. The number of aromatic nitrogens is 2. The highest BCUT2D eigenvalue weighted by Gasteiger charge is 2.12. The molecule has 0 amide bonds. The third-order valence-electron chi connectivity index (χ3n) is 3.53. The second kappa shape index (κ2) is 6.66. The van der Waals surface area contributed by atoms with E-state index in [-0.39, 0.29) is 5.82 Å². The molecule has 0 bridgehead atoms. The van der Waals surface area contributed by atoms with Gasteiger partial charge in [-0.25, -0.2) is 14.4 Å². The molecule has 0 aliphatic heterocycles. The number of anilines is 1. The minimum absolute atomic E-state index is 0.204. The summed E-state index contributed by atoms with van der Waals surface area (Å²) in [5.41, 5.74) is 3.57. The van der Waals surface area contributed by atoms with Gasteiger partial charge in [0.25, 0.3) is 0 Å². The predicted octanol–water partition coefficient (Wildman–Crippen LogP) is 4.28. The number of aryl methyl sites for hydroxylation is 2. The summed E-state index contributed by atoms with van der Waals surface area (Å²) in [6.45, 7) is 8.85. The summed E-state index contributed by atoms with van der Waals surface area (Å²) in [4.78, 5) is 9.22. The van der Waals surface area contributed by atoms with E-state index in [0.717, 1.165) is 42.0 Å². The van der Waals surface area contributed by atoms with Crippen molar-refractivity contribution in [3.8, 4) is 11.4 Å². The highest BCUT2D eigenvalue weighted by molar-refractivity contribution is 5.60. The number of halogens is 1. The normalized spacial score (nSPS) is 10.7. The predicted molar refractivity (Wildman–Crippen MR) is 85.1 cm³/mol. The van der Waals surface area contributed by atoms with Gasteiger partial charge in [0.2, 0.25) is 0 Å². The van der Waals surface area contributed by atoms with Crippen LogP contribution < -0.4 is 5.32 Å². The average molecular weight is 287 g/mol. The van der Waals surface area contributed by atoms with Gasteiger partial charge in [0, 0.05) is 23.4 Å². The molecule has 0 spiro atoms. The lowest BCUT2D eigenvalue weighted by molar-refractivity contribution is 0.618. The van der Waals surface area contributed by atoms with Crippen LogP contribution in [-0.4, -0.2) is 16.5 Å².